The first kappa shape index (κ1) is 29.5. The zero-order valence-corrected chi connectivity index (χ0v) is 27.5. The molecule has 0 saturated heterocycles. The van der Waals surface area contributed by atoms with E-state index in [0.717, 1.165) is 52.6 Å². The van der Waals surface area contributed by atoms with Crippen molar-refractivity contribution in [1.29, 1.82) is 0 Å². The Morgan fingerprint density at radius 1 is 0.717 bits per heavy atom. The van der Waals surface area contributed by atoms with Gasteiger partial charge in [-0.1, -0.05) is 83.1 Å². The van der Waals surface area contributed by atoms with Crippen molar-refractivity contribution in [3.63, 3.8) is 0 Å². The van der Waals surface area contributed by atoms with Crippen molar-refractivity contribution in [3.05, 3.63) is 132 Å². The zero-order chi connectivity index (χ0) is 32.0. The SMILES string of the molecule is CCc1nn(-c2cccc(Oc3ccc4c5ccccc5n(-c5cc(C)ccn5)c4c3)c2)c(CC)c1-c1cccc(C(C)(C)C)c1. The first-order valence-corrected chi connectivity index (χ1v) is 16.2. The summed E-state index contributed by atoms with van der Waals surface area (Å²) in [5, 5.41) is 7.51. The fourth-order valence-corrected chi connectivity index (χ4v) is 6.48. The molecule has 230 valence electrons. The molecule has 0 atom stereocenters. The van der Waals surface area contributed by atoms with E-state index in [4.69, 9.17) is 14.8 Å². The molecule has 0 unspecified atom stereocenters. The van der Waals surface area contributed by atoms with Crippen molar-refractivity contribution in [1.82, 2.24) is 19.3 Å². The molecule has 0 bridgehead atoms. The summed E-state index contributed by atoms with van der Waals surface area (Å²) < 4.78 is 10.9. The van der Waals surface area contributed by atoms with Crippen molar-refractivity contribution in [2.24, 2.45) is 0 Å². The Kier molecular flexibility index (Phi) is 7.48. The Balaban J connectivity index is 1.29. The van der Waals surface area contributed by atoms with Gasteiger partial charge < -0.3 is 4.74 Å². The van der Waals surface area contributed by atoms with Gasteiger partial charge in [0.1, 0.15) is 17.3 Å². The highest BCUT2D eigenvalue weighted by Gasteiger charge is 2.21. The van der Waals surface area contributed by atoms with Crippen LogP contribution in [0.5, 0.6) is 11.5 Å². The van der Waals surface area contributed by atoms with Crippen LogP contribution in [-0.2, 0) is 18.3 Å². The molecule has 3 aromatic heterocycles. The van der Waals surface area contributed by atoms with Gasteiger partial charge in [0.15, 0.2) is 0 Å². The highest BCUT2D eigenvalue weighted by molar-refractivity contribution is 6.09. The first-order chi connectivity index (χ1) is 22.2. The monoisotopic (exact) mass is 604 g/mol. The molecule has 0 spiro atoms. The van der Waals surface area contributed by atoms with E-state index in [1.165, 1.54) is 38.7 Å². The van der Waals surface area contributed by atoms with Gasteiger partial charge in [-0.3, -0.25) is 4.57 Å². The summed E-state index contributed by atoms with van der Waals surface area (Å²) in [5.74, 6) is 2.43. The molecule has 0 aliphatic rings. The van der Waals surface area contributed by atoms with Crippen molar-refractivity contribution < 1.29 is 4.74 Å². The van der Waals surface area contributed by atoms with Gasteiger partial charge in [0.05, 0.1) is 28.1 Å². The third-order valence-electron chi connectivity index (χ3n) is 8.81. The average molecular weight is 605 g/mol. The van der Waals surface area contributed by atoms with Crippen molar-refractivity contribution >= 4 is 21.8 Å². The van der Waals surface area contributed by atoms with Crippen molar-refractivity contribution in [3.8, 4) is 34.1 Å². The number of para-hydroxylation sites is 1. The normalized spacial score (nSPS) is 11.9. The number of hydrogen-bond donors (Lipinski definition) is 0. The predicted octanol–water partition coefficient (Wildman–Crippen LogP) is 10.6. The third-order valence-corrected chi connectivity index (χ3v) is 8.81. The second-order valence-electron chi connectivity index (χ2n) is 13.0. The fraction of sp³-hybridized carbons (Fsp3) is 0.220. The molecule has 7 aromatic rings. The molecule has 0 saturated carbocycles. The summed E-state index contributed by atoms with van der Waals surface area (Å²) in [6, 6.07) is 36.1. The van der Waals surface area contributed by atoms with Gasteiger partial charge in [-0.2, -0.15) is 5.10 Å². The molecule has 0 aliphatic heterocycles. The molecule has 0 amide bonds. The fourth-order valence-electron chi connectivity index (χ4n) is 6.48. The Labute approximate surface area is 271 Å². The lowest BCUT2D eigenvalue weighted by molar-refractivity contribution is 0.482. The summed E-state index contributed by atoms with van der Waals surface area (Å²) in [6.07, 6.45) is 3.59. The molecule has 4 aromatic carbocycles. The number of hydrogen-bond acceptors (Lipinski definition) is 3. The molecule has 0 radical (unpaired) electrons. The highest BCUT2D eigenvalue weighted by Crippen LogP contribution is 2.37. The largest absolute Gasteiger partial charge is 0.457 e. The molecule has 46 heavy (non-hydrogen) atoms. The van der Waals surface area contributed by atoms with Crippen LogP contribution < -0.4 is 4.74 Å². The topological polar surface area (TPSA) is 44.9 Å². The van der Waals surface area contributed by atoms with E-state index in [0.29, 0.717) is 0 Å². The maximum absolute atomic E-state index is 6.56. The maximum atomic E-state index is 6.56. The van der Waals surface area contributed by atoms with Crippen molar-refractivity contribution in [2.45, 2.75) is 59.8 Å². The van der Waals surface area contributed by atoms with Gasteiger partial charge in [-0.05, 0) is 84.3 Å². The van der Waals surface area contributed by atoms with Crippen molar-refractivity contribution in [2.75, 3.05) is 0 Å². The molecule has 0 fully saturated rings. The Morgan fingerprint density at radius 2 is 1.50 bits per heavy atom. The number of rotatable bonds is 7. The van der Waals surface area contributed by atoms with Gasteiger partial charge >= 0.3 is 0 Å². The lowest BCUT2D eigenvalue weighted by Crippen LogP contribution is -2.10. The Hall–Kier alpha value is -5.16. The van der Waals surface area contributed by atoms with E-state index in [9.17, 15) is 0 Å². The summed E-state index contributed by atoms with van der Waals surface area (Å²) >= 11 is 0. The summed E-state index contributed by atoms with van der Waals surface area (Å²) in [5.41, 5.74) is 10.5. The number of nitrogens with zero attached hydrogens (tertiary/aromatic N) is 4. The third kappa shape index (κ3) is 5.26. The van der Waals surface area contributed by atoms with E-state index >= 15 is 0 Å². The van der Waals surface area contributed by atoms with Crippen LogP contribution >= 0.6 is 0 Å². The minimum absolute atomic E-state index is 0.0738. The summed E-state index contributed by atoms with van der Waals surface area (Å²) in [7, 11) is 0. The molecule has 0 N–H and O–H groups in total. The van der Waals surface area contributed by atoms with E-state index in [-0.39, 0.29) is 5.41 Å². The lowest BCUT2D eigenvalue weighted by atomic mass is 9.85. The average Bonchev–Trinajstić information content (AvgIpc) is 3.60. The van der Waals surface area contributed by atoms with Gasteiger partial charge in [0.25, 0.3) is 0 Å². The van der Waals surface area contributed by atoms with E-state index in [1.54, 1.807) is 0 Å². The smallest absolute Gasteiger partial charge is 0.137 e. The molecule has 7 rings (SSSR count). The standard InChI is InChI=1S/C41H40N4O/c1-7-35-40(28-13-11-14-29(24-28)41(4,5)6)36(8-2)45(43-35)30-15-12-16-31(25-30)46-32-19-20-34-33-17-9-10-18-37(33)44(38(34)26-32)39-23-27(3)21-22-42-39/h9-26H,7-8H2,1-6H3. The lowest BCUT2D eigenvalue weighted by Gasteiger charge is -2.20. The van der Waals surface area contributed by atoms with E-state index < -0.39 is 0 Å². The number of aryl methyl sites for hydroxylation is 2. The first-order valence-electron chi connectivity index (χ1n) is 16.2. The molecule has 3 heterocycles. The van der Waals surface area contributed by atoms with Crippen LogP contribution in [0.2, 0.25) is 0 Å². The van der Waals surface area contributed by atoms with Gasteiger partial charge in [-0.15, -0.1) is 0 Å². The molecular weight excluding hydrogens is 564 g/mol. The van der Waals surface area contributed by atoms with Crippen LogP contribution in [0.4, 0.5) is 0 Å². The Bertz CT molecular complexity index is 2210. The van der Waals surface area contributed by atoms with E-state index in [1.807, 2.05) is 24.4 Å². The van der Waals surface area contributed by atoms with Crippen LogP contribution in [0.1, 0.15) is 57.1 Å². The number of benzene rings is 4. The van der Waals surface area contributed by atoms with Crippen LogP contribution in [0.3, 0.4) is 0 Å². The zero-order valence-electron chi connectivity index (χ0n) is 27.5. The second-order valence-corrected chi connectivity index (χ2v) is 13.0. The second kappa shape index (κ2) is 11.6. The summed E-state index contributed by atoms with van der Waals surface area (Å²) in [6.45, 7) is 13.3. The highest BCUT2D eigenvalue weighted by atomic mass is 16.5. The minimum atomic E-state index is 0.0738. The van der Waals surface area contributed by atoms with Gasteiger partial charge in [0.2, 0.25) is 0 Å². The quantitative estimate of drug-likeness (QED) is 0.182. The number of aromatic nitrogens is 4. The van der Waals surface area contributed by atoms with Gasteiger partial charge in [0, 0.05) is 34.7 Å². The van der Waals surface area contributed by atoms with Crippen LogP contribution in [0.25, 0.3) is 44.4 Å². The molecule has 0 aliphatic carbocycles. The van der Waals surface area contributed by atoms with E-state index in [2.05, 4.69) is 136 Å². The number of ether oxygens (including phenoxy) is 1. The Morgan fingerprint density at radius 3 is 2.28 bits per heavy atom. The summed E-state index contributed by atoms with van der Waals surface area (Å²) in [4.78, 5) is 4.72. The number of pyridine rings is 1. The minimum Gasteiger partial charge on any atom is -0.457 e. The number of fused-ring (bicyclic) bond motifs is 3. The predicted molar refractivity (Wildman–Crippen MR) is 190 cm³/mol. The maximum Gasteiger partial charge on any atom is 0.137 e. The molecular formula is C41H40N4O. The van der Waals surface area contributed by atoms with Crippen LogP contribution in [0, 0.1) is 6.92 Å². The van der Waals surface area contributed by atoms with Gasteiger partial charge in [-0.25, -0.2) is 9.67 Å². The molecule has 5 heteroatoms. The van der Waals surface area contributed by atoms with Crippen LogP contribution in [-0.4, -0.2) is 19.3 Å². The van der Waals surface area contributed by atoms with Crippen LogP contribution in [0.15, 0.2) is 109 Å². The molecule has 5 nitrogen and oxygen atoms in total.